The first-order valence-electron chi connectivity index (χ1n) is 18.6. The lowest BCUT2D eigenvalue weighted by atomic mass is 10.0. The molecule has 5 N–H and O–H groups in total. The molecule has 6 bridgehead atoms. The first-order chi connectivity index (χ1) is 27.1. The van der Waals surface area contributed by atoms with Gasteiger partial charge in [-0.05, 0) is 67.8 Å². The zero-order chi connectivity index (χ0) is 39.6. The number of carbonyl (C=O) groups is 5. The molecular formula is C40H46N8O8. The zero-order valence-corrected chi connectivity index (χ0v) is 31.2. The van der Waals surface area contributed by atoms with E-state index in [1.165, 1.54) is 4.90 Å². The topological polar surface area (TPSA) is 206 Å². The van der Waals surface area contributed by atoms with E-state index in [2.05, 4.69) is 31.6 Å². The second-order valence-corrected chi connectivity index (χ2v) is 13.8. The molecule has 5 atom stereocenters. The second-order valence-electron chi connectivity index (χ2n) is 13.8. The number of carboxylic acids is 1. The maximum absolute atomic E-state index is 14.3. The Kier molecular flexibility index (Phi) is 12.9. The van der Waals surface area contributed by atoms with Crippen molar-refractivity contribution in [3.63, 3.8) is 0 Å². The summed E-state index contributed by atoms with van der Waals surface area (Å²) >= 11 is 0. The van der Waals surface area contributed by atoms with Gasteiger partial charge < -0.3 is 40.7 Å². The number of aliphatic carboxylic acids is 1. The monoisotopic (exact) mass is 766 g/mol. The van der Waals surface area contributed by atoms with Crippen LogP contribution in [0.3, 0.4) is 0 Å². The average Bonchev–Trinajstić information content (AvgIpc) is 3.89. The number of carbonyl (C=O) groups excluding carboxylic acids is 4. The Labute approximate surface area is 323 Å². The molecule has 0 spiro atoms. The van der Waals surface area contributed by atoms with Crippen LogP contribution in [0, 0.1) is 0 Å². The Morgan fingerprint density at radius 2 is 1.55 bits per heavy atom. The Balaban J connectivity index is 1.29. The largest absolute Gasteiger partial charge is 0.492 e. The van der Waals surface area contributed by atoms with Crippen molar-refractivity contribution in [3.8, 4) is 11.5 Å². The van der Waals surface area contributed by atoms with Gasteiger partial charge in [0.1, 0.15) is 54.6 Å². The van der Waals surface area contributed by atoms with E-state index in [0.717, 1.165) is 5.56 Å². The molecule has 1 fully saturated rings. The summed E-state index contributed by atoms with van der Waals surface area (Å²) in [5.41, 5.74) is 2.42. The summed E-state index contributed by atoms with van der Waals surface area (Å²) in [6.45, 7) is 2.81. The van der Waals surface area contributed by atoms with Crippen LogP contribution in [0.5, 0.6) is 11.5 Å². The van der Waals surface area contributed by atoms with E-state index in [0.29, 0.717) is 54.3 Å². The molecule has 16 nitrogen and oxygen atoms in total. The van der Waals surface area contributed by atoms with Crippen molar-refractivity contribution in [1.29, 1.82) is 0 Å². The first-order valence-corrected chi connectivity index (χ1v) is 18.6. The summed E-state index contributed by atoms with van der Waals surface area (Å²) in [5.74, 6) is -2.25. The number of likely N-dealkylation sites (N-methyl/N-ethyl adjacent to an activating group) is 1. The van der Waals surface area contributed by atoms with Gasteiger partial charge in [0.05, 0.1) is 18.8 Å². The zero-order valence-electron chi connectivity index (χ0n) is 31.2. The lowest BCUT2D eigenvalue weighted by Gasteiger charge is -2.30. The fourth-order valence-corrected chi connectivity index (χ4v) is 6.61. The maximum Gasteiger partial charge on any atom is 0.326 e. The molecule has 4 amide bonds. The molecule has 0 saturated carbocycles. The van der Waals surface area contributed by atoms with Gasteiger partial charge in [0.2, 0.25) is 23.6 Å². The number of carboxylic acid groups (broad SMARTS) is 1. The predicted octanol–water partition coefficient (Wildman–Crippen LogP) is 1.55. The number of nitrogens with one attached hydrogen (secondary N) is 4. The Morgan fingerprint density at radius 1 is 0.875 bits per heavy atom. The molecule has 5 aliphatic rings. The van der Waals surface area contributed by atoms with Crippen LogP contribution in [0.1, 0.15) is 48.2 Å². The summed E-state index contributed by atoms with van der Waals surface area (Å²) in [7, 11) is 1.64. The van der Waals surface area contributed by atoms with Crippen LogP contribution in [0.15, 0.2) is 85.1 Å². The average molecular weight is 767 g/mol. The number of hydrogen-bond acceptors (Lipinski definition) is 10. The molecule has 9 rings (SSSR count). The van der Waals surface area contributed by atoms with Gasteiger partial charge in [0, 0.05) is 19.4 Å². The van der Waals surface area contributed by atoms with Crippen LogP contribution in [-0.4, -0.2) is 99.0 Å². The first kappa shape index (κ1) is 39.4. The Bertz CT molecular complexity index is 1990. The minimum Gasteiger partial charge on any atom is -0.492 e. The normalized spacial score (nSPS) is 21.7. The Morgan fingerprint density at radius 3 is 2.23 bits per heavy atom. The highest BCUT2D eigenvalue weighted by molar-refractivity contribution is 5.96. The highest BCUT2D eigenvalue weighted by Gasteiger charge is 2.40. The third kappa shape index (κ3) is 10.1. The van der Waals surface area contributed by atoms with Crippen molar-refractivity contribution >= 4 is 29.6 Å². The fourth-order valence-electron chi connectivity index (χ4n) is 6.61. The summed E-state index contributed by atoms with van der Waals surface area (Å²) in [6, 6.07) is 17.4. The molecule has 6 heterocycles. The van der Waals surface area contributed by atoms with Crippen LogP contribution in [0.2, 0.25) is 0 Å². The standard InChI is InChI=1S/C40H46N8O8/c1-25(41-2)36(49)42-32-21-26-12-16-31(17-13-26)56-24-29-23-47(46-45-29)19-20-55-30-14-10-27(11-15-30)22-33(40(53)54)43-38(51)35(28-7-4-3-5-8-28)44-37(50)34-9-6-18-48(34)39(32)52/h3-5,7-8,10-17,23,25,32-35,41H,6,9,18-22,24H2,1-2H3,(H,42,49)(H,43,51)(H,44,50)(H,53,54). The number of rotatable bonds is 5. The van der Waals surface area contributed by atoms with Crippen molar-refractivity contribution in [2.45, 2.75) is 76.0 Å². The minimum absolute atomic E-state index is 0.0344. The quantitative estimate of drug-likeness (QED) is 0.197. The molecule has 56 heavy (non-hydrogen) atoms. The van der Waals surface area contributed by atoms with E-state index in [4.69, 9.17) is 9.47 Å². The molecule has 1 saturated heterocycles. The van der Waals surface area contributed by atoms with Crippen molar-refractivity contribution in [2.24, 2.45) is 0 Å². The van der Waals surface area contributed by atoms with E-state index < -0.39 is 53.9 Å². The summed E-state index contributed by atoms with van der Waals surface area (Å²) in [5, 5.41) is 29.6. The smallest absolute Gasteiger partial charge is 0.326 e. The third-order valence-electron chi connectivity index (χ3n) is 9.86. The number of ether oxygens (including phenoxy) is 2. The van der Waals surface area contributed by atoms with Crippen molar-refractivity contribution < 1.29 is 38.6 Å². The molecule has 4 aromatic rings. The van der Waals surface area contributed by atoms with E-state index in [1.54, 1.807) is 104 Å². The summed E-state index contributed by atoms with van der Waals surface area (Å²) < 4.78 is 13.4. The fraction of sp³-hybridized carbons (Fsp3) is 0.375. The van der Waals surface area contributed by atoms with Gasteiger partial charge in [-0.2, -0.15) is 0 Å². The molecule has 3 aromatic carbocycles. The highest BCUT2D eigenvalue weighted by Crippen LogP contribution is 2.23. The van der Waals surface area contributed by atoms with Gasteiger partial charge >= 0.3 is 5.97 Å². The SMILES string of the molecule is CNC(C)C(=O)NC1Cc2ccc(cc2)OCc2cn(nn2)CCOc2ccc(cc2)CC(C(=O)O)NC(=O)C(c2ccccc2)NC(=O)C2CCCN2C1=O. The van der Waals surface area contributed by atoms with Crippen molar-refractivity contribution in [1.82, 2.24) is 41.2 Å². The van der Waals surface area contributed by atoms with E-state index in [9.17, 15) is 29.1 Å². The van der Waals surface area contributed by atoms with Crippen LogP contribution >= 0.6 is 0 Å². The van der Waals surface area contributed by atoms with Crippen molar-refractivity contribution in [3.05, 3.63) is 107 Å². The van der Waals surface area contributed by atoms with Crippen LogP contribution in [0.4, 0.5) is 0 Å². The molecule has 0 radical (unpaired) electrons. The van der Waals surface area contributed by atoms with E-state index in [-0.39, 0.29) is 31.9 Å². The highest BCUT2D eigenvalue weighted by atomic mass is 16.5. The molecule has 1 aromatic heterocycles. The van der Waals surface area contributed by atoms with Gasteiger partial charge in [0.25, 0.3) is 0 Å². The third-order valence-corrected chi connectivity index (χ3v) is 9.86. The van der Waals surface area contributed by atoms with Crippen molar-refractivity contribution in [2.75, 3.05) is 20.2 Å². The maximum atomic E-state index is 14.3. The molecule has 5 aliphatic heterocycles. The Hall–Kier alpha value is -6.29. The number of amides is 4. The molecular weight excluding hydrogens is 720 g/mol. The molecule has 5 unspecified atom stereocenters. The van der Waals surface area contributed by atoms with Crippen LogP contribution in [0.25, 0.3) is 0 Å². The number of nitrogens with zero attached hydrogens (tertiary/aromatic N) is 4. The number of benzene rings is 3. The van der Waals surface area contributed by atoms with Crippen LogP contribution < -0.4 is 30.7 Å². The summed E-state index contributed by atoms with van der Waals surface area (Å²) in [4.78, 5) is 69.2. The second kappa shape index (κ2) is 18.4. The number of hydrogen-bond donors (Lipinski definition) is 5. The lowest BCUT2D eigenvalue weighted by Crippen LogP contribution is -2.57. The van der Waals surface area contributed by atoms with Gasteiger partial charge in [0.15, 0.2) is 0 Å². The molecule has 16 heteroatoms. The van der Waals surface area contributed by atoms with E-state index >= 15 is 0 Å². The summed E-state index contributed by atoms with van der Waals surface area (Å²) in [6.07, 6.45) is 2.70. The van der Waals surface area contributed by atoms with E-state index in [1.807, 2.05) is 0 Å². The van der Waals surface area contributed by atoms with Gasteiger partial charge in [-0.25, -0.2) is 9.48 Å². The van der Waals surface area contributed by atoms with Crippen LogP contribution in [-0.2, 0) is 50.0 Å². The van der Waals surface area contributed by atoms with Gasteiger partial charge in [-0.1, -0.05) is 59.8 Å². The predicted molar refractivity (Wildman–Crippen MR) is 202 cm³/mol. The minimum atomic E-state index is -1.32. The lowest BCUT2D eigenvalue weighted by molar-refractivity contribution is -0.143. The van der Waals surface area contributed by atoms with Gasteiger partial charge in [-0.15, -0.1) is 5.10 Å². The number of aromatic nitrogens is 3. The van der Waals surface area contributed by atoms with Gasteiger partial charge in [-0.3, -0.25) is 19.2 Å². The molecule has 294 valence electrons. The molecule has 0 aliphatic carbocycles.